The Labute approximate surface area is 114 Å². The summed E-state index contributed by atoms with van der Waals surface area (Å²) < 4.78 is 1.00. The predicted molar refractivity (Wildman–Crippen MR) is 71.7 cm³/mol. The zero-order valence-electron chi connectivity index (χ0n) is 9.86. The van der Waals surface area contributed by atoms with E-state index in [1.165, 1.54) is 0 Å². The molecule has 2 rings (SSSR count). The van der Waals surface area contributed by atoms with E-state index in [2.05, 4.69) is 15.9 Å². The van der Waals surface area contributed by atoms with Crippen LogP contribution < -0.4 is 4.90 Å². The van der Waals surface area contributed by atoms with E-state index >= 15 is 0 Å². The number of nitrogens with zero attached hydrogens (tertiary/aromatic N) is 1. The Hall–Kier alpha value is -1.36. The van der Waals surface area contributed by atoms with Crippen molar-refractivity contribution in [1.82, 2.24) is 0 Å². The molecule has 0 atom stereocenters. The van der Waals surface area contributed by atoms with E-state index in [9.17, 15) is 9.59 Å². The molecule has 1 amide bonds. The van der Waals surface area contributed by atoms with Gasteiger partial charge in [-0.1, -0.05) is 15.9 Å². The molecular weight excluding hydrogens is 298 g/mol. The molecule has 0 saturated heterocycles. The van der Waals surface area contributed by atoms with Crippen LogP contribution in [0.5, 0.6) is 0 Å². The smallest absolute Gasteiger partial charge is 0.303 e. The Morgan fingerprint density at radius 2 is 2.11 bits per heavy atom. The first kappa shape index (κ1) is 13.1. The summed E-state index contributed by atoms with van der Waals surface area (Å²) in [7, 11) is 0. The van der Waals surface area contributed by atoms with Crippen LogP contribution in [-0.2, 0) is 16.0 Å². The number of aliphatic carboxylic acids is 1. The summed E-state index contributed by atoms with van der Waals surface area (Å²) in [5.41, 5.74) is 2.05. The van der Waals surface area contributed by atoms with E-state index < -0.39 is 5.97 Å². The minimum atomic E-state index is -0.934. The van der Waals surface area contributed by atoms with Crippen molar-refractivity contribution in [1.29, 1.82) is 0 Å². The minimum Gasteiger partial charge on any atom is -0.481 e. The number of carboxylic acids is 1. The van der Waals surface area contributed by atoms with Crippen molar-refractivity contribution in [2.24, 2.45) is 0 Å². The summed E-state index contributed by atoms with van der Waals surface area (Å²) in [4.78, 5) is 24.2. The highest BCUT2D eigenvalue weighted by atomic mass is 79.9. The zero-order valence-corrected chi connectivity index (χ0v) is 11.4. The van der Waals surface area contributed by atoms with Crippen LogP contribution in [0.1, 0.15) is 24.8 Å². The number of halogens is 1. The average molecular weight is 312 g/mol. The summed E-state index contributed by atoms with van der Waals surface area (Å²) >= 11 is 3.42. The number of amides is 1. The van der Waals surface area contributed by atoms with Crippen molar-refractivity contribution in [2.75, 3.05) is 11.4 Å². The average Bonchev–Trinajstić information content (AvgIpc) is 2.34. The fraction of sp³-hybridized carbons (Fsp3) is 0.385. The molecule has 0 unspecified atom stereocenters. The summed E-state index contributed by atoms with van der Waals surface area (Å²) in [5, 5.41) is 8.62. The molecule has 0 spiro atoms. The van der Waals surface area contributed by atoms with Crippen LogP contribution in [0.3, 0.4) is 0 Å². The standard InChI is InChI=1S/C13H14BrNO3/c14-10-3-4-11-9(8-10)2-1-7-15(11)12(16)5-6-13(17)18/h3-4,8H,1-2,5-7H2,(H,17,18). The van der Waals surface area contributed by atoms with Gasteiger partial charge in [-0.25, -0.2) is 0 Å². The van der Waals surface area contributed by atoms with E-state index in [0.29, 0.717) is 6.54 Å². The van der Waals surface area contributed by atoms with Crippen LogP contribution in [0.2, 0.25) is 0 Å². The van der Waals surface area contributed by atoms with E-state index in [0.717, 1.165) is 28.6 Å². The first-order valence-corrected chi connectivity index (χ1v) is 6.68. The van der Waals surface area contributed by atoms with Gasteiger partial charge in [-0.2, -0.15) is 0 Å². The molecule has 18 heavy (non-hydrogen) atoms. The molecule has 1 heterocycles. The van der Waals surface area contributed by atoms with Gasteiger partial charge in [0.2, 0.25) is 5.91 Å². The Bertz CT molecular complexity index is 487. The Balaban J connectivity index is 2.17. The number of anilines is 1. The number of aryl methyl sites for hydroxylation is 1. The lowest BCUT2D eigenvalue weighted by Gasteiger charge is -2.29. The van der Waals surface area contributed by atoms with E-state index in [1.807, 2.05) is 18.2 Å². The van der Waals surface area contributed by atoms with Crippen molar-refractivity contribution in [3.05, 3.63) is 28.2 Å². The summed E-state index contributed by atoms with van der Waals surface area (Å²) in [6.45, 7) is 0.674. The molecule has 96 valence electrons. The Morgan fingerprint density at radius 3 is 2.83 bits per heavy atom. The monoisotopic (exact) mass is 311 g/mol. The summed E-state index contributed by atoms with van der Waals surface area (Å²) in [6, 6.07) is 5.84. The SMILES string of the molecule is O=C(O)CCC(=O)N1CCCc2cc(Br)ccc21. The first-order valence-electron chi connectivity index (χ1n) is 5.88. The highest BCUT2D eigenvalue weighted by Crippen LogP contribution is 2.30. The molecule has 1 aliphatic heterocycles. The van der Waals surface area contributed by atoms with Crippen molar-refractivity contribution >= 4 is 33.5 Å². The third-order valence-electron chi connectivity index (χ3n) is 3.01. The van der Waals surface area contributed by atoms with E-state index in [-0.39, 0.29) is 18.7 Å². The zero-order chi connectivity index (χ0) is 13.1. The largest absolute Gasteiger partial charge is 0.481 e. The number of hydrogen-bond donors (Lipinski definition) is 1. The highest BCUT2D eigenvalue weighted by molar-refractivity contribution is 9.10. The molecule has 0 radical (unpaired) electrons. The normalized spacial score (nSPS) is 14.2. The molecule has 0 aromatic heterocycles. The number of carbonyl (C=O) groups is 2. The maximum Gasteiger partial charge on any atom is 0.303 e. The molecule has 0 bridgehead atoms. The molecule has 1 aromatic carbocycles. The van der Waals surface area contributed by atoms with Gasteiger partial charge in [0.25, 0.3) is 0 Å². The van der Waals surface area contributed by atoms with Crippen molar-refractivity contribution < 1.29 is 14.7 Å². The Morgan fingerprint density at radius 1 is 1.33 bits per heavy atom. The van der Waals surface area contributed by atoms with Crippen LogP contribution in [0.25, 0.3) is 0 Å². The second-order valence-electron chi connectivity index (χ2n) is 4.32. The molecule has 0 saturated carbocycles. The number of hydrogen-bond acceptors (Lipinski definition) is 2. The lowest BCUT2D eigenvalue weighted by molar-refractivity contribution is -0.138. The summed E-state index contributed by atoms with van der Waals surface area (Å²) in [6.07, 6.45) is 1.83. The fourth-order valence-corrected chi connectivity index (χ4v) is 2.58. The van der Waals surface area contributed by atoms with Crippen LogP contribution in [-0.4, -0.2) is 23.5 Å². The van der Waals surface area contributed by atoms with Gasteiger partial charge >= 0.3 is 5.97 Å². The maximum atomic E-state index is 12.0. The van der Waals surface area contributed by atoms with Gasteiger partial charge in [0.15, 0.2) is 0 Å². The minimum absolute atomic E-state index is 0.0604. The van der Waals surface area contributed by atoms with Gasteiger partial charge < -0.3 is 10.0 Å². The first-order chi connectivity index (χ1) is 8.58. The van der Waals surface area contributed by atoms with Gasteiger partial charge in [0, 0.05) is 23.1 Å². The van der Waals surface area contributed by atoms with E-state index in [4.69, 9.17) is 5.11 Å². The third-order valence-corrected chi connectivity index (χ3v) is 3.51. The number of fused-ring (bicyclic) bond motifs is 1. The van der Waals surface area contributed by atoms with Gasteiger partial charge in [-0.15, -0.1) is 0 Å². The molecular formula is C13H14BrNO3. The lowest BCUT2D eigenvalue weighted by Crippen LogP contribution is -2.35. The second kappa shape index (κ2) is 5.52. The van der Waals surface area contributed by atoms with Crippen LogP contribution >= 0.6 is 15.9 Å². The third kappa shape index (κ3) is 2.90. The number of benzene rings is 1. The topological polar surface area (TPSA) is 57.6 Å². The van der Waals surface area contributed by atoms with Crippen molar-refractivity contribution in [3.63, 3.8) is 0 Å². The molecule has 5 heteroatoms. The number of rotatable bonds is 3. The molecule has 0 aliphatic carbocycles. The quantitative estimate of drug-likeness (QED) is 0.933. The summed E-state index contributed by atoms with van der Waals surface area (Å²) in [5.74, 6) is -1.04. The van der Waals surface area contributed by atoms with Crippen LogP contribution in [0.4, 0.5) is 5.69 Å². The number of carbonyl (C=O) groups excluding carboxylic acids is 1. The molecule has 1 aliphatic rings. The van der Waals surface area contributed by atoms with Gasteiger partial charge in [-0.3, -0.25) is 9.59 Å². The van der Waals surface area contributed by atoms with Crippen molar-refractivity contribution in [2.45, 2.75) is 25.7 Å². The molecule has 1 aromatic rings. The fourth-order valence-electron chi connectivity index (χ4n) is 2.17. The van der Waals surface area contributed by atoms with Crippen LogP contribution in [0.15, 0.2) is 22.7 Å². The Kier molecular flexibility index (Phi) is 4.01. The second-order valence-corrected chi connectivity index (χ2v) is 5.23. The van der Waals surface area contributed by atoms with Gasteiger partial charge in [0.1, 0.15) is 0 Å². The highest BCUT2D eigenvalue weighted by Gasteiger charge is 2.22. The molecule has 1 N–H and O–H groups in total. The molecule has 4 nitrogen and oxygen atoms in total. The van der Waals surface area contributed by atoms with Gasteiger partial charge in [0.05, 0.1) is 6.42 Å². The van der Waals surface area contributed by atoms with Gasteiger partial charge in [-0.05, 0) is 36.6 Å². The van der Waals surface area contributed by atoms with E-state index in [1.54, 1.807) is 4.90 Å². The lowest BCUT2D eigenvalue weighted by atomic mass is 10.0. The predicted octanol–water partition coefficient (Wildman–Crippen LogP) is 2.59. The van der Waals surface area contributed by atoms with Crippen LogP contribution in [0, 0.1) is 0 Å². The molecule has 0 fully saturated rings. The maximum absolute atomic E-state index is 12.0. The van der Waals surface area contributed by atoms with Crippen molar-refractivity contribution in [3.8, 4) is 0 Å². The number of carboxylic acid groups (broad SMARTS) is 1.